The van der Waals surface area contributed by atoms with Gasteiger partial charge in [0, 0.05) is 74.6 Å². The van der Waals surface area contributed by atoms with Crippen molar-refractivity contribution in [1.82, 2.24) is 23.7 Å². The summed E-state index contributed by atoms with van der Waals surface area (Å²) in [6, 6.07) is 13.4. The monoisotopic (exact) mass is 617 g/mol. The normalized spacial score (nSPS) is 16.6. The van der Waals surface area contributed by atoms with Gasteiger partial charge in [-0.1, -0.05) is 38.1 Å². The number of hydrogen-bond acceptors (Lipinski definition) is 7. The third kappa shape index (κ3) is 6.12. The largest absolute Gasteiger partial charge is 0.392 e. The lowest BCUT2D eigenvalue weighted by Gasteiger charge is -2.16. The highest BCUT2D eigenvalue weighted by molar-refractivity contribution is 6.31. The number of nitrogens with zero attached hydrogens (tertiary/aromatic N) is 7. The number of benzene rings is 2. The summed E-state index contributed by atoms with van der Waals surface area (Å²) in [5.41, 5.74) is 3.53. The van der Waals surface area contributed by atoms with Crippen molar-refractivity contribution in [3.05, 3.63) is 105 Å². The lowest BCUT2D eigenvalue weighted by atomic mass is 9.95. The Morgan fingerprint density at radius 1 is 1.07 bits per heavy atom. The molecule has 0 bridgehead atoms. The smallest absolute Gasteiger partial charge is 0.295 e. The minimum atomic E-state index is -0.334. The summed E-state index contributed by atoms with van der Waals surface area (Å²) in [5, 5.41) is 12.1. The number of fused-ring (bicyclic) bond motifs is 1. The van der Waals surface area contributed by atoms with Crippen molar-refractivity contribution in [1.29, 1.82) is 0 Å². The van der Waals surface area contributed by atoms with E-state index in [2.05, 4.69) is 29.9 Å². The number of aromatic nitrogens is 5. The second kappa shape index (κ2) is 13.2. The summed E-state index contributed by atoms with van der Waals surface area (Å²) in [6.45, 7) is 4.67. The second-order valence-electron chi connectivity index (χ2n) is 12.1. The Balaban J connectivity index is 1.38. The highest BCUT2D eigenvalue weighted by Gasteiger charge is 2.20. The third-order valence-electron chi connectivity index (χ3n) is 9.05. The predicted molar refractivity (Wildman–Crippen MR) is 183 cm³/mol. The van der Waals surface area contributed by atoms with Gasteiger partial charge in [0.25, 0.3) is 11.1 Å². The van der Waals surface area contributed by atoms with Crippen LogP contribution in [0.25, 0.3) is 27.7 Å². The molecule has 46 heavy (non-hydrogen) atoms. The first-order valence-corrected chi connectivity index (χ1v) is 15.8. The molecule has 236 valence electrons. The van der Waals surface area contributed by atoms with E-state index in [1.807, 2.05) is 54.2 Å². The number of hydrogen-bond donors (Lipinski definition) is 1. The molecule has 2 unspecified atom stereocenters. The Kier molecular flexibility index (Phi) is 8.90. The summed E-state index contributed by atoms with van der Waals surface area (Å²) in [6.07, 6.45) is 12.2. The molecule has 0 fully saturated rings. The number of aliphatic imine (C=N–C) groups is 2. The van der Waals surface area contributed by atoms with Gasteiger partial charge in [-0.05, 0) is 60.2 Å². The minimum absolute atomic E-state index is 0.0494. The highest BCUT2D eigenvalue weighted by Crippen LogP contribution is 2.29. The van der Waals surface area contributed by atoms with Crippen LogP contribution in [-0.4, -0.2) is 47.2 Å². The van der Waals surface area contributed by atoms with Crippen molar-refractivity contribution in [3.63, 3.8) is 0 Å². The Labute approximate surface area is 267 Å². The highest BCUT2D eigenvalue weighted by atomic mass is 16.3. The van der Waals surface area contributed by atoms with Gasteiger partial charge in [0.2, 0.25) is 5.82 Å². The second-order valence-corrected chi connectivity index (χ2v) is 12.1. The van der Waals surface area contributed by atoms with Crippen molar-refractivity contribution in [2.45, 2.75) is 52.1 Å². The summed E-state index contributed by atoms with van der Waals surface area (Å²) >= 11 is 0. The SMILES string of the molecule is CCC(C)c1ccc2c(=O)n(-c3cccc(-c4cn(C)c(=O)c(N=C5C=NCCC(Cc6nccn6C)C5)n4)c3CO)ccc2c1. The molecule has 0 aliphatic carbocycles. The molecule has 0 saturated heterocycles. The maximum atomic E-state index is 13.7. The van der Waals surface area contributed by atoms with Crippen LogP contribution in [0.4, 0.5) is 5.82 Å². The van der Waals surface area contributed by atoms with Gasteiger partial charge in [0.1, 0.15) is 5.82 Å². The fourth-order valence-corrected chi connectivity index (χ4v) is 6.11. The number of rotatable bonds is 8. The van der Waals surface area contributed by atoms with Crippen molar-refractivity contribution in [2.24, 2.45) is 30.0 Å². The first-order valence-electron chi connectivity index (χ1n) is 15.8. The topological polar surface area (TPSA) is 120 Å². The van der Waals surface area contributed by atoms with E-state index in [1.54, 1.807) is 36.4 Å². The molecule has 2 aromatic carbocycles. The zero-order chi connectivity index (χ0) is 32.4. The third-order valence-corrected chi connectivity index (χ3v) is 9.05. The summed E-state index contributed by atoms with van der Waals surface area (Å²) < 4.78 is 5.03. The number of imidazole rings is 1. The maximum absolute atomic E-state index is 13.7. The molecule has 6 rings (SSSR count). The number of aryl methyl sites for hydroxylation is 2. The van der Waals surface area contributed by atoms with E-state index >= 15 is 0 Å². The predicted octanol–water partition coefficient (Wildman–Crippen LogP) is 5.29. The average molecular weight is 618 g/mol. The van der Waals surface area contributed by atoms with Crippen LogP contribution in [0.15, 0.2) is 86.8 Å². The van der Waals surface area contributed by atoms with Gasteiger partial charge in [0.05, 0.1) is 23.7 Å². The molecule has 4 heterocycles. The number of pyridine rings is 1. The van der Waals surface area contributed by atoms with Crippen molar-refractivity contribution < 1.29 is 5.11 Å². The van der Waals surface area contributed by atoms with Crippen LogP contribution in [-0.2, 0) is 27.1 Å². The summed E-state index contributed by atoms with van der Waals surface area (Å²) in [7, 11) is 3.64. The Morgan fingerprint density at radius 2 is 1.91 bits per heavy atom. The number of aliphatic hydroxyl groups excluding tert-OH is 1. The van der Waals surface area contributed by atoms with Gasteiger partial charge < -0.3 is 14.2 Å². The maximum Gasteiger partial charge on any atom is 0.295 e. The van der Waals surface area contributed by atoms with Crippen LogP contribution in [0.3, 0.4) is 0 Å². The minimum Gasteiger partial charge on any atom is -0.392 e. The van der Waals surface area contributed by atoms with Crippen molar-refractivity contribution in [2.75, 3.05) is 6.54 Å². The molecule has 0 amide bonds. The van der Waals surface area contributed by atoms with Crippen molar-refractivity contribution >= 4 is 28.5 Å². The quantitative estimate of drug-likeness (QED) is 0.254. The number of aliphatic hydroxyl groups is 1. The molecular weight excluding hydrogens is 578 g/mol. The molecule has 0 spiro atoms. The van der Waals surface area contributed by atoms with Gasteiger partial charge in [-0.3, -0.25) is 19.1 Å². The molecule has 1 aliphatic rings. The molecule has 3 aromatic heterocycles. The van der Waals surface area contributed by atoms with E-state index in [0.717, 1.165) is 30.5 Å². The molecule has 1 aliphatic heterocycles. The van der Waals surface area contributed by atoms with Gasteiger partial charge in [0.15, 0.2) is 0 Å². The van der Waals surface area contributed by atoms with Gasteiger partial charge in [-0.15, -0.1) is 0 Å². The lowest BCUT2D eigenvalue weighted by molar-refractivity contribution is 0.282. The van der Waals surface area contributed by atoms with E-state index in [-0.39, 0.29) is 29.5 Å². The average Bonchev–Trinajstić information content (AvgIpc) is 3.33. The van der Waals surface area contributed by atoms with Gasteiger partial charge in [-0.2, -0.15) is 0 Å². The van der Waals surface area contributed by atoms with Crippen LogP contribution < -0.4 is 11.1 Å². The van der Waals surface area contributed by atoms with Crippen LogP contribution in [0.2, 0.25) is 0 Å². The van der Waals surface area contributed by atoms with Crippen molar-refractivity contribution in [3.8, 4) is 16.9 Å². The fraction of sp³-hybridized carbons (Fsp3) is 0.333. The first kappa shape index (κ1) is 31.0. The molecule has 1 N–H and O–H groups in total. The zero-order valence-corrected chi connectivity index (χ0v) is 26.7. The molecular formula is C36H39N7O3. The Morgan fingerprint density at radius 3 is 2.67 bits per heavy atom. The van der Waals surface area contributed by atoms with Crippen LogP contribution in [0, 0.1) is 5.92 Å². The van der Waals surface area contributed by atoms with E-state index in [4.69, 9.17) is 9.98 Å². The standard InChI is InChI=1S/C36H39N7O3/c1-5-23(2)25-9-10-28-26(19-25)12-15-43(35(28)45)32-8-6-7-29(30(32)22-44)31-21-42(4)36(46)34(40-31)39-27-17-24(11-13-37-20-27)18-33-38-14-16-41(33)3/h6-10,12,14-16,19-21,23-24,44H,5,11,13,17-18,22H2,1-4H3. The molecule has 2 atom stereocenters. The zero-order valence-electron chi connectivity index (χ0n) is 26.7. The van der Waals surface area contributed by atoms with E-state index in [9.17, 15) is 14.7 Å². The lowest BCUT2D eigenvalue weighted by Crippen LogP contribution is -2.20. The van der Waals surface area contributed by atoms with E-state index < -0.39 is 0 Å². The fourth-order valence-electron chi connectivity index (χ4n) is 6.11. The van der Waals surface area contributed by atoms with E-state index in [1.165, 1.54) is 10.1 Å². The van der Waals surface area contributed by atoms with Gasteiger partial charge >= 0.3 is 0 Å². The Hall–Kier alpha value is -4.96. The van der Waals surface area contributed by atoms with E-state index in [0.29, 0.717) is 52.5 Å². The molecule has 5 aromatic rings. The Bertz CT molecular complexity index is 2090. The summed E-state index contributed by atoms with van der Waals surface area (Å²) in [5.74, 6) is 1.72. The molecule has 0 radical (unpaired) electrons. The molecule has 10 heteroatoms. The van der Waals surface area contributed by atoms with Gasteiger partial charge in [-0.25, -0.2) is 15.0 Å². The van der Waals surface area contributed by atoms with Crippen LogP contribution in [0.5, 0.6) is 0 Å². The van der Waals surface area contributed by atoms with Crippen LogP contribution >= 0.6 is 0 Å². The molecule has 0 saturated carbocycles. The first-order chi connectivity index (χ1) is 22.3. The molecule has 10 nitrogen and oxygen atoms in total. The summed E-state index contributed by atoms with van der Waals surface area (Å²) in [4.78, 5) is 45.4. The van der Waals surface area contributed by atoms with Crippen LogP contribution in [0.1, 0.15) is 56.0 Å².